The molecule has 1 aliphatic heterocycles. The van der Waals surface area contributed by atoms with Crippen LogP contribution >= 0.6 is 15.9 Å². The highest BCUT2D eigenvalue weighted by atomic mass is 79.9. The molecule has 1 aliphatic rings. The maximum atomic E-state index is 12.3. The van der Waals surface area contributed by atoms with Crippen molar-refractivity contribution in [1.29, 1.82) is 0 Å². The van der Waals surface area contributed by atoms with Crippen LogP contribution < -0.4 is 5.32 Å². The third-order valence-corrected chi connectivity index (χ3v) is 4.51. The van der Waals surface area contributed by atoms with Crippen LogP contribution in [0.1, 0.15) is 37.0 Å². The van der Waals surface area contributed by atoms with Crippen LogP contribution in [0.2, 0.25) is 0 Å². The largest absolute Gasteiger partial charge is 0.478 e. The molecule has 2 rings (SSSR count). The molecular formula is C15H19BrN2O3. The molecule has 5 nitrogen and oxygen atoms in total. The number of carboxylic acid groups (broad SMARTS) is 1. The number of nitrogens with one attached hydrogen (secondary N) is 1. The van der Waals surface area contributed by atoms with Crippen molar-refractivity contribution in [3.05, 3.63) is 28.2 Å². The Balaban J connectivity index is 2.07. The van der Waals surface area contributed by atoms with Crippen molar-refractivity contribution >= 4 is 33.6 Å². The second kappa shape index (κ2) is 6.47. The highest BCUT2D eigenvalue weighted by Crippen LogP contribution is 2.26. The lowest BCUT2D eigenvalue weighted by Gasteiger charge is -2.36. The van der Waals surface area contributed by atoms with Crippen LogP contribution in [0.25, 0.3) is 0 Å². The topological polar surface area (TPSA) is 69.6 Å². The Hall–Kier alpha value is -1.56. The van der Waals surface area contributed by atoms with Crippen LogP contribution in [0.5, 0.6) is 0 Å². The first-order valence-electron chi connectivity index (χ1n) is 6.99. The van der Waals surface area contributed by atoms with E-state index in [1.807, 2.05) is 4.90 Å². The van der Waals surface area contributed by atoms with Gasteiger partial charge in [-0.1, -0.05) is 6.92 Å². The molecule has 1 aromatic rings. The minimum Gasteiger partial charge on any atom is -0.478 e. The number of anilines is 1. The smallest absolute Gasteiger partial charge is 0.335 e. The Morgan fingerprint density at radius 1 is 1.38 bits per heavy atom. The number of hydrogen-bond donors (Lipinski definition) is 2. The fourth-order valence-electron chi connectivity index (χ4n) is 2.65. The average Bonchev–Trinajstić information content (AvgIpc) is 2.40. The SMILES string of the molecule is CC1CCN(C(=O)Nc2ccc(C(=O)O)cc2Br)C(C)C1. The maximum absolute atomic E-state index is 12.3. The summed E-state index contributed by atoms with van der Waals surface area (Å²) in [5.41, 5.74) is 0.760. The summed E-state index contributed by atoms with van der Waals surface area (Å²) < 4.78 is 0.564. The molecule has 0 radical (unpaired) electrons. The van der Waals surface area contributed by atoms with E-state index in [2.05, 4.69) is 35.1 Å². The summed E-state index contributed by atoms with van der Waals surface area (Å²) in [6.07, 6.45) is 2.02. The van der Waals surface area contributed by atoms with E-state index in [1.165, 1.54) is 12.1 Å². The first-order chi connectivity index (χ1) is 9.88. The van der Waals surface area contributed by atoms with E-state index in [1.54, 1.807) is 6.07 Å². The molecule has 0 aromatic heterocycles. The van der Waals surface area contributed by atoms with Gasteiger partial charge in [-0.2, -0.15) is 0 Å². The monoisotopic (exact) mass is 354 g/mol. The highest BCUT2D eigenvalue weighted by Gasteiger charge is 2.27. The minimum atomic E-state index is -0.993. The molecule has 6 heteroatoms. The van der Waals surface area contributed by atoms with Crippen LogP contribution in [-0.4, -0.2) is 34.6 Å². The lowest BCUT2D eigenvalue weighted by molar-refractivity contribution is 0.0697. The van der Waals surface area contributed by atoms with Crippen LogP contribution in [0.3, 0.4) is 0 Å². The third-order valence-electron chi connectivity index (χ3n) is 3.86. The van der Waals surface area contributed by atoms with Gasteiger partial charge in [-0.15, -0.1) is 0 Å². The fraction of sp³-hybridized carbons (Fsp3) is 0.467. The minimum absolute atomic E-state index is 0.141. The molecule has 0 saturated carbocycles. The molecule has 1 heterocycles. The van der Waals surface area contributed by atoms with Gasteiger partial charge in [0, 0.05) is 17.1 Å². The summed E-state index contributed by atoms with van der Waals surface area (Å²) >= 11 is 3.30. The number of hydrogen-bond acceptors (Lipinski definition) is 2. The van der Waals surface area contributed by atoms with Crippen LogP contribution in [0.15, 0.2) is 22.7 Å². The fourth-order valence-corrected chi connectivity index (χ4v) is 3.12. The Bertz CT molecular complexity index is 562. The van der Waals surface area contributed by atoms with Crippen LogP contribution in [0, 0.1) is 5.92 Å². The molecule has 2 unspecified atom stereocenters. The molecule has 0 spiro atoms. The number of likely N-dealkylation sites (tertiary alicyclic amines) is 1. The predicted molar refractivity (Wildman–Crippen MR) is 84.7 cm³/mol. The van der Waals surface area contributed by atoms with Crippen molar-refractivity contribution in [2.75, 3.05) is 11.9 Å². The number of piperidine rings is 1. The van der Waals surface area contributed by atoms with Crippen LogP contribution in [-0.2, 0) is 0 Å². The second-order valence-corrected chi connectivity index (χ2v) is 6.46. The number of halogens is 1. The Morgan fingerprint density at radius 3 is 2.67 bits per heavy atom. The van der Waals surface area contributed by atoms with E-state index >= 15 is 0 Å². The van der Waals surface area contributed by atoms with Crippen LogP contribution in [0.4, 0.5) is 10.5 Å². The van der Waals surface area contributed by atoms with Gasteiger partial charge in [0.2, 0.25) is 0 Å². The predicted octanol–water partition coefficient (Wildman–Crippen LogP) is 3.80. The number of urea groups is 1. The van der Waals surface area contributed by atoms with Gasteiger partial charge in [-0.25, -0.2) is 9.59 Å². The van der Waals surface area contributed by atoms with E-state index < -0.39 is 5.97 Å². The molecule has 2 amide bonds. The van der Waals surface area contributed by atoms with Crippen molar-refractivity contribution in [2.45, 2.75) is 32.7 Å². The summed E-state index contributed by atoms with van der Waals surface area (Å²) in [7, 11) is 0. The Labute approximate surface area is 132 Å². The van der Waals surface area contributed by atoms with Crippen molar-refractivity contribution in [1.82, 2.24) is 4.90 Å². The summed E-state index contributed by atoms with van der Waals surface area (Å²) in [6, 6.07) is 4.64. The van der Waals surface area contributed by atoms with E-state index in [9.17, 15) is 9.59 Å². The van der Waals surface area contributed by atoms with E-state index in [0.717, 1.165) is 19.4 Å². The molecule has 0 aliphatic carbocycles. The highest BCUT2D eigenvalue weighted by molar-refractivity contribution is 9.10. The zero-order valence-electron chi connectivity index (χ0n) is 12.1. The number of amides is 2. The van der Waals surface area contributed by atoms with Gasteiger partial charge in [0.1, 0.15) is 0 Å². The molecule has 0 bridgehead atoms. The number of carboxylic acids is 1. The Morgan fingerprint density at radius 2 is 2.10 bits per heavy atom. The average molecular weight is 355 g/mol. The standard InChI is InChI=1S/C15H19BrN2O3/c1-9-5-6-18(10(2)7-9)15(21)17-13-4-3-11(14(19)20)8-12(13)16/h3-4,8-10H,5-7H2,1-2H3,(H,17,21)(H,19,20). The third kappa shape index (κ3) is 3.75. The Kier molecular flexibility index (Phi) is 4.88. The van der Waals surface area contributed by atoms with Gasteiger partial charge in [0.05, 0.1) is 11.3 Å². The van der Waals surface area contributed by atoms with E-state index in [4.69, 9.17) is 5.11 Å². The first-order valence-corrected chi connectivity index (χ1v) is 7.78. The van der Waals surface area contributed by atoms with Crippen molar-refractivity contribution < 1.29 is 14.7 Å². The first kappa shape index (κ1) is 15.8. The second-order valence-electron chi connectivity index (χ2n) is 5.60. The lowest BCUT2D eigenvalue weighted by Crippen LogP contribution is -2.46. The van der Waals surface area contributed by atoms with E-state index in [-0.39, 0.29) is 17.6 Å². The van der Waals surface area contributed by atoms with Crippen molar-refractivity contribution in [3.8, 4) is 0 Å². The molecule has 2 atom stereocenters. The molecule has 2 N–H and O–H groups in total. The maximum Gasteiger partial charge on any atom is 0.335 e. The summed E-state index contributed by atoms with van der Waals surface area (Å²) in [4.78, 5) is 25.1. The lowest BCUT2D eigenvalue weighted by atomic mass is 9.94. The van der Waals surface area contributed by atoms with E-state index in [0.29, 0.717) is 16.1 Å². The van der Waals surface area contributed by atoms with Gasteiger partial charge < -0.3 is 15.3 Å². The van der Waals surface area contributed by atoms with Gasteiger partial charge >= 0.3 is 12.0 Å². The number of rotatable bonds is 2. The molecule has 1 fully saturated rings. The number of benzene rings is 1. The number of aromatic carboxylic acids is 1. The van der Waals surface area contributed by atoms with Gasteiger partial charge in [-0.05, 0) is 59.8 Å². The van der Waals surface area contributed by atoms with Gasteiger partial charge in [0.25, 0.3) is 0 Å². The zero-order valence-corrected chi connectivity index (χ0v) is 13.7. The molecular weight excluding hydrogens is 336 g/mol. The molecule has 114 valence electrons. The quantitative estimate of drug-likeness (QED) is 0.848. The molecule has 1 saturated heterocycles. The normalized spacial score (nSPS) is 22.0. The molecule has 21 heavy (non-hydrogen) atoms. The van der Waals surface area contributed by atoms with Gasteiger partial charge in [-0.3, -0.25) is 0 Å². The molecule has 1 aromatic carbocycles. The van der Waals surface area contributed by atoms with Crippen molar-refractivity contribution in [2.24, 2.45) is 5.92 Å². The number of carbonyl (C=O) groups is 2. The summed E-state index contributed by atoms with van der Waals surface area (Å²) in [5.74, 6) is -0.349. The zero-order chi connectivity index (χ0) is 15.6. The summed E-state index contributed by atoms with van der Waals surface area (Å²) in [5, 5.41) is 11.8. The summed E-state index contributed by atoms with van der Waals surface area (Å²) in [6.45, 7) is 5.00. The number of nitrogens with zero attached hydrogens (tertiary/aromatic N) is 1. The van der Waals surface area contributed by atoms with Gasteiger partial charge in [0.15, 0.2) is 0 Å². The van der Waals surface area contributed by atoms with Crippen molar-refractivity contribution in [3.63, 3.8) is 0 Å². The number of carbonyl (C=O) groups excluding carboxylic acids is 1.